The third kappa shape index (κ3) is 7.75. The van der Waals surface area contributed by atoms with Gasteiger partial charge in [-0.15, -0.1) is 0 Å². The highest BCUT2D eigenvalue weighted by Gasteiger charge is 2.16. The lowest BCUT2D eigenvalue weighted by atomic mass is 10.1. The number of halogens is 1. The molecule has 29 heavy (non-hydrogen) atoms. The predicted molar refractivity (Wildman–Crippen MR) is 114 cm³/mol. The zero-order chi connectivity index (χ0) is 21.1. The van der Waals surface area contributed by atoms with Crippen molar-refractivity contribution in [2.45, 2.75) is 38.5 Å². The smallest absolute Gasteiger partial charge is 0.243 e. The van der Waals surface area contributed by atoms with Gasteiger partial charge in [-0.05, 0) is 54.8 Å². The van der Waals surface area contributed by atoms with Crippen LogP contribution in [0.15, 0.2) is 48.5 Å². The summed E-state index contributed by atoms with van der Waals surface area (Å²) in [6.45, 7) is 0.588. The van der Waals surface area contributed by atoms with Crippen molar-refractivity contribution in [1.29, 1.82) is 0 Å². The van der Waals surface area contributed by atoms with Crippen LogP contribution in [0.3, 0.4) is 0 Å². The molecule has 0 aliphatic heterocycles. The van der Waals surface area contributed by atoms with E-state index in [0.29, 0.717) is 30.8 Å². The standard InChI is InChI=1S/C22H27ClN2O4/c1-29-20-13-11-19(12-14-20)25(15-5-3-2-4-6-21(26)24-28)22(27)16-17-7-9-18(23)10-8-17/h7-14,28H,2-6,15-16H2,1H3,(H,24,26). The molecule has 0 aromatic heterocycles. The number of hydrogen-bond acceptors (Lipinski definition) is 4. The summed E-state index contributed by atoms with van der Waals surface area (Å²) in [7, 11) is 1.61. The van der Waals surface area contributed by atoms with Gasteiger partial charge in [0.25, 0.3) is 0 Å². The molecular formula is C22H27ClN2O4. The number of unbranched alkanes of at least 4 members (excludes halogenated alkanes) is 3. The number of carbonyl (C=O) groups is 2. The van der Waals surface area contributed by atoms with E-state index in [1.807, 2.05) is 36.4 Å². The fraction of sp³-hybridized carbons (Fsp3) is 0.364. The van der Waals surface area contributed by atoms with Crippen LogP contribution in [0, 0.1) is 0 Å². The van der Waals surface area contributed by atoms with E-state index in [9.17, 15) is 9.59 Å². The Morgan fingerprint density at radius 2 is 1.66 bits per heavy atom. The summed E-state index contributed by atoms with van der Waals surface area (Å²) in [6.07, 6.45) is 3.86. The van der Waals surface area contributed by atoms with Gasteiger partial charge in [-0.1, -0.05) is 36.6 Å². The highest BCUT2D eigenvalue weighted by molar-refractivity contribution is 6.30. The van der Waals surface area contributed by atoms with Crippen LogP contribution in [0.5, 0.6) is 5.75 Å². The van der Waals surface area contributed by atoms with Crippen molar-refractivity contribution in [3.63, 3.8) is 0 Å². The van der Waals surface area contributed by atoms with Crippen LogP contribution in [-0.4, -0.2) is 30.7 Å². The summed E-state index contributed by atoms with van der Waals surface area (Å²) in [5, 5.41) is 9.15. The first-order valence-electron chi connectivity index (χ1n) is 9.65. The topological polar surface area (TPSA) is 78.9 Å². The molecule has 0 aliphatic rings. The van der Waals surface area contributed by atoms with Crippen molar-refractivity contribution in [3.05, 3.63) is 59.1 Å². The van der Waals surface area contributed by atoms with Gasteiger partial charge in [0.1, 0.15) is 5.75 Å². The summed E-state index contributed by atoms with van der Waals surface area (Å²) >= 11 is 5.93. The second-order valence-electron chi connectivity index (χ2n) is 6.75. The lowest BCUT2D eigenvalue weighted by Gasteiger charge is -2.23. The summed E-state index contributed by atoms with van der Waals surface area (Å²) in [4.78, 5) is 25.8. The third-order valence-corrected chi connectivity index (χ3v) is 4.87. The summed E-state index contributed by atoms with van der Waals surface area (Å²) in [5.41, 5.74) is 3.37. The van der Waals surface area contributed by atoms with Crippen molar-refractivity contribution in [3.8, 4) is 5.75 Å². The largest absolute Gasteiger partial charge is 0.497 e. The van der Waals surface area contributed by atoms with Gasteiger partial charge < -0.3 is 9.64 Å². The van der Waals surface area contributed by atoms with Crippen LogP contribution in [0.2, 0.25) is 5.02 Å². The number of anilines is 1. The van der Waals surface area contributed by atoms with Crippen LogP contribution in [0.4, 0.5) is 5.69 Å². The molecule has 0 saturated carbocycles. The number of rotatable bonds is 11. The first kappa shape index (κ1) is 22.7. The molecule has 2 aromatic rings. The molecule has 0 heterocycles. The molecule has 2 N–H and O–H groups in total. The molecule has 0 aliphatic carbocycles. The van der Waals surface area contributed by atoms with Crippen molar-refractivity contribution in [2.24, 2.45) is 0 Å². The number of hydrogen-bond donors (Lipinski definition) is 2. The Bertz CT molecular complexity index is 778. The molecule has 156 valence electrons. The molecular weight excluding hydrogens is 392 g/mol. The number of methoxy groups -OCH3 is 1. The zero-order valence-electron chi connectivity index (χ0n) is 16.6. The Morgan fingerprint density at radius 3 is 2.28 bits per heavy atom. The number of hydroxylamine groups is 1. The van der Waals surface area contributed by atoms with E-state index in [1.54, 1.807) is 29.6 Å². The van der Waals surface area contributed by atoms with Crippen molar-refractivity contribution < 1.29 is 19.5 Å². The summed E-state index contributed by atoms with van der Waals surface area (Å²) < 4.78 is 5.20. The monoisotopic (exact) mass is 418 g/mol. The Hall–Kier alpha value is -2.57. The van der Waals surface area contributed by atoms with Gasteiger partial charge in [0.05, 0.1) is 13.5 Å². The van der Waals surface area contributed by atoms with Crippen LogP contribution in [0.1, 0.15) is 37.7 Å². The van der Waals surface area contributed by atoms with E-state index in [0.717, 1.165) is 36.3 Å². The number of amides is 2. The molecule has 2 aromatic carbocycles. The average Bonchev–Trinajstić information content (AvgIpc) is 2.74. The second-order valence-corrected chi connectivity index (χ2v) is 7.18. The van der Waals surface area contributed by atoms with Gasteiger partial charge in [0.2, 0.25) is 11.8 Å². The lowest BCUT2D eigenvalue weighted by molar-refractivity contribution is -0.129. The molecule has 0 fully saturated rings. The minimum Gasteiger partial charge on any atom is -0.497 e. The number of nitrogens with zero attached hydrogens (tertiary/aromatic N) is 1. The molecule has 7 heteroatoms. The van der Waals surface area contributed by atoms with E-state index in [4.69, 9.17) is 21.5 Å². The fourth-order valence-corrected chi connectivity index (χ4v) is 3.12. The van der Waals surface area contributed by atoms with E-state index in [1.165, 1.54) is 0 Å². The zero-order valence-corrected chi connectivity index (χ0v) is 17.3. The van der Waals surface area contributed by atoms with E-state index in [-0.39, 0.29) is 11.8 Å². The van der Waals surface area contributed by atoms with Gasteiger partial charge in [0.15, 0.2) is 0 Å². The van der Waals surface area contributed by atoms with E-state index < -0.39 is 0 Å². The van der Waals surface area contributed by atoms with Crippen LogP contribution < -0.4 is 15.1 Å². The number of nitrogens with one attached hydrogen (secondary N) is 1. The SMILES string of the molecule is COc1ccc(N(CCCCCCC(=O)NO)C(=O)Cc2ccc(Cl)cc2)cc1. The van der Waals surface area contributed by atoms with Gasteiger partial charge in [-0.3, -0.25) is 14.8 Å². The normalized spacial score (nSPS) is 10.4. The highest BCUT2D eigenvalue weighted by Crippen LogP contribution is 2.21. The lowest BCUT2D eigenvalue weighted by Crippen LogP contribution is -2.33. The highest BCUT2D eigenvalue weighted by atomic mass is 35.5. The van der Waals surface area contributed by atoms with E-state index in [2.05, 4.69) is 0 Å². The van der Waals surface area contributed by atoms with E-state index >= 15 is 0 Å². The van der Waals surface area contributed by atoms with Crippen LogP contribution in [0.25, 0.3) is 0 Å². The average molecular weight is 419 g/mol. The Morgan fingerprint density at radius 1 is 1.00 bits per heavy atom. The summed E-state index contributed by atoms with van der Waals surface area (Å²) in [6, 6.07) is 14.7. The number of carbonyl (C=O) groups excluding carboxylic acids is 2. The van der Waals surface area contributed by atoms with Crippen molar-refractivity contribution >= 4 is 29.1 Å². The van der Waals surface area contributed by atoms with Gasteiger partial charge >= 0.3 is 0 Å². The number of benzene rings is 2. The van der Waals surface area contributed by atoms with Crippen LogP contribution >= 0.6 is 11.6 Å². The third-order valence-electron chi connectivity index (χ3n) is 4.61. The minimum absolute atomic E-state index is 0.0112. The van der Waals surface area contributed by atoms with Gasteiger partial charge in [-0.2, -0.15) is 0 Å². The summed E-state index contributed by atoms with van der Waals surface area (Å²) in [5.74, 6) is 0.376. The molecule has 0 unspecified atom stereocenters. The Labute approximate surface area is 176 Å². The molecule has 2 rings (SSSR count). The van der Waals surface area contributed by atoms with Gasteiger partial charge in [-0.25, -0.2) is 5.48 Å². The molecule has 0 radical (unpaired) electrons. The maximum Gasteiger partial charge on any atom is 0.243 e. The van der Waals surface area contributed by atoms with Crippen molar-refractivity contribution in [2.75, 3.05) is 18.6 Å². The fourth-order valence-electron chi connectivity index (χ4n) is 3.00. The molecule has 6 nitrogen and oxygen atoms in total. The quantitative estimate of drug-likeness (QED) is 0.322. The second kappa shape index (κ2) is 12.1. The Kier molecular flexibility index (Phi) is 9.47. The maximum absolute atomic E-state index is 13.0. The minimum atomic E-state index is -0.372. The predicted octanol–water partition coefficient (Wildman–Crippen LogP) is 4.38. The molecule has 0 atom stereocenters. The van der Waals surface area contributed by atoms with Crippen LogP contribution in [-0.2, 0) is 16.0 Å². The Balaban J connectivity index is 1.97. The molecule has 2 amide bonds. The first-order valence-corrected chi connectivity index (χ1v) is 10.0. The van der Waals surface area contributed by atoms with Crippen molar-refractivity contribution in [1.82, 2.24) is 5.48 Å². The molecule has 0 spiro atoms. The number of ether oxygens (including phenoxy) is 1. The molecule has 0 saturated heterocycles. The molecule has 0 bridgehead atoms. The maximum atomic E-state index is 13.0. The first-order chi connectivity index (χ1) is 14.0. The van der Waals surface area contributed by atoms with Gasteiger partial charge in [0, 0.05) is 23.7 Å².